The Morgan fingerprint density at radius 3 is 1.94 bits per heavy atom. The lowest BCUT2D eigenvalue weighted by atomic mass is 10.1. The van der Waals surface area contributed by atoms with Gasteiger partial charge in [-0.25, -0.2) is 0 Å². The van der Waals surface area contributed by atoms with E-state index in [-0.39, 0.29) is 0 Å². The summed E-state index contributed by atoms with van der Waals surface area (Å²) in [5.41, 5.74) is 2.29. The molecule has 0 saturated heterocycles. The molecule has 0 aliphatic heterocycles. The lowest BCUT2D eigenvalue weighted by molar-refractivity contribution is 0.415. The van der Waals surface area contributed by atoms with Crippen LogP contribution in [0.3, 0.4) is 0 Å². The molecule has 0 unspecified atom stereocenters. The van der Waals surface area contributed by atoms with E-state index in [9.17, 15) is 0 Å². The lowest BCUT2D eigenvalue weighted by Crippen LogP contribution is -1.81. The van der Waals surface area contributed by atoms with Gasteiger partial charge in [-0.15, -0.1) is 0 Å². The van der Waals surface area contributed by atoms with Gasteiger partial charge < -0.3 is 4.74 Å². The minimum atomic E-state index is 0.873. The summed E-state index contributed by atoms with van der Waals surface area (Å²) in [6.07, 6.45) is 4.16. The van der Waals surface area contributed by atoms with E-state index in [0.717, 1.165) is 25.8 Å². The smallest absolute Gasteiger partial charge is 0.118 e. The highest BCUT2D eigenvalue weighted by molar-refractivity contribution is 9.11. The van der Waals surface area contributed by atoms with Crippen LogP contribution in [0, 0.1) is 0 Å². The van der Waals surface area contributed by atoms with E-state index in [1.165, 1.54) is 0 Å². The van der Waals surface area contributed by atoms with Crippen molar-refractivity contribution in [1.29, 1.82) is 0 Å². The molecule has 0 aliphatic carbocycles. The molecule has 3 heteroatoms. The molecule has 1 nitrogen and oxygen atoms in total. The first-order chi connectivity index (χ1) is 8.67. The van der Waals surface area contributed by atoms with E-state index in [4.69, 9.17) is 4.74 Å². The first kappa shape index (κ1) is 13.4. The van der Waals surface area contributed by atoms with E-state index >= 15 is 0 Å². The van der Waals surface area contributed by atoms with Crippen LogP contribution in [-0.2, 0) is 0 Å². The third kappa shape index (κ3) is 3.72. The van der Waals surface area contributed by atoms with Crippen LogP contribution in [0.2, 0.25) is 0 Å². The molecule has 0 spiro atoms. The fourth-order valence-electron chi connectivity index (χ4n) is 1.58. The second-order valence-electron chi connectivity index (χ2n) is 3.81. The van der Waals surface area contributed by atoms with Gasteiger partial charge in [0.2, 0.25) is 0 Å². The number of halogens is 2. The van der Waals surface area contributed by atoms with Crippen molar-refractivity contribution in [3.05, 3.63) is 62.5 Å². The van der Waals surface area contributed by atoms with Crippen LogP contribution >= 0.6 is 31.9 Å². The Hall–Kier alpha value is -1.06. The summed E-state index contributed by atoms with van der Waals surface area (Å²) >= 11 is 6.96. The molecule has 2 aromatic carbocycles. The van der Waals surface area contributed by atoms with Crippen molar-refractivity contribution >= 4 is 44.0 Å². The standard InChI is InChI=1S/C15H12Br2O/c1-18-15-6-4-11(5-7-15)2-3-12-8-13(16)10-14(17)9-12/h2-10H,1H3. The number of benzene rings is 2. The van der Waals surface area contributed by atoms with Gasteiger partial charge in [0.05, 0.1) is 7.11 Å². The summed E-state index contributed by atoms with van der Waals surface area (Å²) in [6.45, 7) is 0. The molecule has 2 rings (SSSR count). The molecule has 0 N–H and O–H groups in total. The van der Waals surface area contributed by atoms with Gasteiger partial charge in [0.25, 0.3) is 0 Å². The average Bonchev–Trinajstić information content (AvgIpc) is 2.36. The molecule has 92 valence electrons. The molecular weight excluding hydrogens is 356 g/mol. The topological polar surface area (TPSA) is 9.23 Å². The molecule has 0 aliphatic rings. The zero-order valence-corrected chi connectivity index (χ0v) is 13.0. The third-order valence-electron chi connectivity index (χ3n) is 2.47. The van der Waals surface area contributed by atoms with Crippen LogP contribution in [0.15, 0.2) is 51.4 Å². The second-order valence-corrected chi connectivity index (χ2v) is 5.64. The highest BCUT2D eigenvalue weighted by Crippen LogP contribution is 2.22. The molecule has 0 aromatic heterocycles. The molecule has 0 saturated carbocycles. The summed E-state index contributed by atoms with van der Waals surface area (Å²) < 4.78 is 7.25. The molecule has 0 fully saturated rings. The van der Waals surface area contributed by atoms with Crippen molar-refractivity contribution in [3.63, 3.8) is 0 Å². The summed E-state index contributed by atoms with van der Waals surface area (Å²) in [5.74, 6) is 0.873. The number of hydrogen-bond donors (Lipinski definition) is 0. The normalized spacial score (nSPS) is 10.8. The molecule has 0 atom stereocenters. The molecular formula is C15H12Br2O. The van der Waals surface area contributed by atoms with Crippen molar-refractivity contribution in [1.82, 2.24) is 0 Å². The van der Waals surface area contributed by atoms with Crippen molar-refractivity contribution in [2.75, 3.05) is 7.11 Å². The fraction of sp³-hybridized carbons (Fsp3) is 0.0667. The minimum absolute atomic E-state index is 0.873. The van der Waals surface area contributed by atoms with Crippen molar-refractivity contribution < 1.29 is 4.74 Å². The largest absolute Gasteiger partial charge is 0.497 e. The molecule has 2 aromatic rings. The van der Waals surface area contributed by atoms with Crippen LogP contribution in [0.5, 0.6) is 5.75 Å². The second kappa shape index (κ2) is 6.21. The first-order valence-electron chi connectivity index (χ1n) is 5.45. The highest BCUT2D eigenvalue weighted by atomic mass is 79.9. The predicted molar refractivity (Wildman–Crippen MR) is 83.8 cm³/mol. The van der Waals surface area contributed by atoms with Crippen LogP contribution < -0.4 is 4.74 Å². The van der Waals surface area contributed by atoms with E-state index in [1.807, 2.05) is 30.3 Å². The Kier molecular flexibility index (Phi) is 4.61. The van der Waals surface area contributed by atoms with Crippen molar-refractivity contribution in [2.45, 2.75) is 0 Å². The monoisotopic (exact) mass is 366 g/mol. The Balaban J connectivity index is 2.18. The zero-order chi connectivity index (χ0) is 13.0. The number of methoxy groups -OCH3 is 1. The third-order valence-corrected chi connectivity index (χ3v) is 3.38. The van der Waals surface area contributed by atoms with Gasteiger partial charge in [-0.3, -0.25) is 0 Å². The van der Waals surface area contributed by atoms with Gasteiger partial charge in [-0.1, -0.05) is 56.1 Å². The fourth-order valence-corrected chi connectivity index (χ4v) is 2.91. The number of rotatable bonds is 3. The summed E-state index contributed by atoms with van der Waals surface area (Å²) in [7, 11) is 1.67. The Bertz CT molecular complexity index is 539. The maximum absolute atomic E-state index is 5.13. The van der Waals surface area contributed by atoms with E-state index < -0.39 is 0 Å². The molecule has 0 heterocycles. The quantitative estimate of drug-likeness (QED) is 0.660. The molecule has 0 radical (unpaired) electrons. The number of hydrogen-bond acceptors (Lipinski definition) is 1. The lowest BCUT2D eigenvalue weighted by Gasteiger charge is -2.00. The SMILES string of the molecule is COc1ccc(C=Cc2cc(Br)cc(Br)c2)cc1. The Morgan fingerprint density at radius 1 is 0.833 bits per heavy atom. The van der Waals surface area contributed by atoms with E-state index in [1.54, 1.807) is 7.11 Å². The van der Waals surface area contributed by atoms with Crippen LogP contribution in [0.4, 0.5) is 0 Å². The Morgan fingerprint density at radius 2 is 1.39 bits per heavy atom. The molecule has 0 bridgehead atoms. The summed E-state index contributed by atoms with van der Waals surface area (Å²) in [4.78, 5) is 0. The number of ether oxygens (including phenoxy) is 1. The van der Waals surface area contributed by atoms with Gasteiger partial charge in [0, 0.05) is 8.95 Å². The van der Waals surface area contributed by atoms with Crippen molar-refractivity contribution in [3.8, 4) is 5.75 Å². The van der Waals surface area contributed by atoms with Crippen LogP contribution in [0.25, 0.3) is 12.2 Å². The minimum Gasteiger partial charge on any atom is -0.497 e. The Labute approximate surface area is 124 Å². The first-order valence-corrected chi connectivity index (χ1v) is 7.04. The summed E-state index contributed by atoms with van der Waals surface area (Å²) in [5, 5.41) is 0. The highest BCUT2D eigenvalue weighted by Gasteiger charge is 1.95. The average molecular weight is 368 g/mol. The molecule has 0 amide bonds. The van der Waals surface area contributed by atoms with Gasteiger partial charge >= 0.3 is 0 Å². The summed E-state index contributed by atoms with van der Waals surface area (Å²) in [6, 6.07) is 14.1. The van der Waals surface area contributed by atoms with E-state index in [2.05, 4.69) is 56.1 Å². The maximum atomic E-state index is 5.13. The molecule has 18 heavy (non-hydrogen) atoms. The van der Waals surface area contributed by atoms with E-state index in [0.29, 0.717) is 0 Å². The van der Waals surface area contributed by atoms with Crippen LogP contribution in [-0.4, -0.2) is 7.11 Å². The predicted octanol–water partition coefficient (Wildman–Crippen LogP) is 5.39. The maximum Gasteiger partial charge on any atom is 0.118 e. The van der Waals surface area contributed by atoms with Crippen molar-refractivity contribution in [2.24, 2.45) is 0 Å². The van der Waals surface area contributed by atoms with Gasteiger partial charge in [-0.2, -0.15) is 0 Å². The van der Waals surface area contributed by atoms with Gasteiger partial charge in [-0.05, 0) is 41.5 Å². The zero-order valence-electron chi connectivity index (χ0n) is 9.86. The van der Waals surface area contributed by atoms with Gasteiger partial charge in [0.1, 0.15) is 5.75 Å². The van der Waals surface area contributed by atoms with Gasteiger partial charge in [0.15, 0.2) is 0 Å². The van der Waals surface area contributed by atoms with Crippen LogP contribution in [0.1, 0.15) is 11.1 Å².